The highest BCUT2D eigenvalue weighted by Gasteiger charge is 2.40. The number of halogens is 5. The van der Waals surface area contributed by atoms with Crippen molar-refractivity contribution in [3.05, 3.63) is 52.3 Å². The van der Waals surface area contributed by atoms with Crippen molar-refractivity contribution >= 4 is 23.4 Å². The van der Waals surface area contributed by atoms with E-state index in [4.69, 9.17) is 5.73 Å². The molecule has 0 atom stereocenters. The molecule has 0 aliphatic carbocycles. The van der Waals surface area contributed by atoms with E-state index < -0.39 is 41.1 Å². The third-order valence-electron chi connectivity index (χ3n) is 3.98. The van der Waals surface area contributed by atoms with E-state index in [1.807, 2.05) is 0 Å². The van der Waals surface area contributed by atoms with E-state index in [-0.39, 0.29) is 23.7 Å². The van der Waals surface area contributed by atoms with E-state index in [1.54, 1.807) is 38.1 Å². The first-order valence-corrected chi connectivity index (χ1v) is 9.53. The van der Waals surface area contributed by atoms with E-state index in [2.05, 4.69) is 4.98 Å². The minimum atomic E-state index is -5.02. The summed E-state index contributed by atoms with van der Waals surface area (Å²) in [5, 5.41) is 9.47. The number of aromatic carboxylic acids is 1. The number of nitrogens with two attached hydrogens (primary N) is 1. The SMILES string of the molecule is CC(C)Cc1c(CSc2cccc(N)c2)c(C(F)(F)F)nc(C(F)F)c1C(=O)O. The molecule has 0 unspecified atom stereocenters. The number of pyridine rings is 1. The van der Waals surface area contributed by atoms with Crippen molar-refractivity contribution in [3.8, 4) is 0 Å². The second-order valence-corrected chi connectivity index (χ2v) is 7.79. The summed E-state index contributed by atoms with van der Waals surface area (Å²) < 4.78 is 67.7. The third kappa shape index (κ3) is 5.59. The van der Waals surface area contributed by atoms with Crippen LogP contribution >= 0.6 is 11.8 Å². The summed E-state index contributed by atoms with van der Waals surface area (Å²) in [5.74, 6) is -2.29. The van der Waals surface area contributed by atoms with Crippen LogP contribution in [0.1, 0.15) is 53.1 Å². The summed E-state index contributed by atoms with van der Waals surface area (Å²) in [6.45, 7) is 3.33. The topological polar surface area (TPSA) is 76.2 Å². The second kappa shape index (κ2) is 8.98. The highest BCUT2D eigenvalue weighted by atomic mass is 32.2. The Bertz CT molecular complexity index is 901. The molecule has 1 heterocycles. The van der Waals surface area contributed by atoms with E-state index >= 15 is 0 Å². The van der Waals surface area contributed by atoms with Crippen LogP contribution in [-0.4, -0.2) is 16.1 Å². The fourth-order valence-corrected chi connectivity index (χ4v) is 3.89. The number of aromatic nitrogens is 1. The maximum Gasteiger partial charge on any atom is 0.433 e. The van der Waals surface area contributed by atoms with Crippen LogP contribution in [-0.2, 0) is 18.3 Å². The van der Waals surface area contributed by atoms with Crippen molar-refractivity contribution in [2.45, 2.75) is 43.5 Å². The van der Waals surface area contributed by atoms with Crippen molar-refractivity contribution < 1.29 is 31.9 Å². The number of carboxylic acid groups (broad SMARTS) is 1. The normalized spacial score (nSPS) is 12.0. The van der Waals surface area contributed by atoms with Gasteiger partial charge < -0.3 is 10.8 Å². The maximum atomic E-state index is 13.6. The largest absolute Gasteiger partial charge is 0.478 e. The van der Waals surface area contributed by atoms with Gasteiger partial charge in [-0.3, -0.25) is 0 Å². The minimum absolute atomic E-state index is 0.111. The van der Waals surface area contributed by atoms with Crippen molar-refractivity contribution in [1.82, 2.24) is 4.98 Å². The molecule has 0 saturated heterocycles. The number of anilines is 1. The Hall–Kier alpha value is -2.36. The van der Waals surface area contributed by atoms with Gasteiger partial charge >= 0.3 is 12.1 Å². The fourth-order valence-electron chi connectivity index (χ4n) is 2.87. The summed E-state index contributed by atoms with van der Waals surface area (Å²) in [6, 6.07) is 6.42. The summed E-state index contributed by atoms with van der Waals surface area (Å²) in [4.78, 5) is 15.3. The summed E-state index contributed by atoms with van der Waals surface area (Å²) >= 11 is 0.993. The van der Waals surface area contributed by atoms with Crippen molar-refractivity contribution in [2.24, 2.45) is 5.92 Å². The molecule has 0 saturated carbocycles. The molecule has 0 amide bonds. The molecule has 0 bridgehead atoms. The standard InChI is InChI=1S/C19H19F5N2O2S/c1-9(2)6-12-13(8-29-11-5-3-4-10(25)7-11)16(19(22,23)24)26-15(17(20)21)14(12)18(27)28/h3-5,7,9,17H,6,8,25H2,1-2H3,(H,27,28). The molecule has 0 fully saturated rings. The lowest BCUT2D eigenvalue weighted by Crippen LogP contribution is -2.21. The van der Waals surface area contributed by atoms with Gasteiger partial charge in [0.2, 0.25) is 0 Å². The predicted octanol–water partition coefficient (Wildman–Crippen LogP) is 5.81. The molecule has 4 nitrogen and oxygen atoms in total. The molecular formula is C19H19F5N2O2S. The summed E-state index contributed by atoms with van der Waals surface area (Å²) in [6.07, 6.45) is -8.58. The van der Waals surface area contributed by atoms with Crippen LogP contribution in [0.5, 0.6) is 0 Å². The fraction of sp³-hybridized carbons (Fsp3) is 0.368. The molecule has 2 aromatic rings. The van der Waals surface area contributed by atoms with Crippen molar-refractivity contribution in [2.75, 3.05) is 5.73 Å². The molecule has 29 heavy (non-hydrogen) atoms. The van der Waals surface area contributed by atoms with Gasteiger partial charge in [0.05, 0.1) is 5.56 Å². The van der Waals surface area contributed by atoms with Crippen LogP contribution in [0.4, 0.5) is 27.6 Å². The first-order chi connectivity index (χ1) is 13.4. The molecule has 3 N–H and O–H groups in total. The monoisotopic (exact) mass is 434 g/mol. The Kier molecular flexibility index (Phi) is 7.10. The quantitative estimate of drug-likeness (QED) is 0.327. The van der Waals surface area contributed by atoms with Crippen molar-refractivity contribution in [3.63, 3.8) is 0 Å². The molecule has 1 aromatic heterocycles. The molecule has 158 valence electrons. The first kappa shape index (κ1) is 22.9. The Morgan fingerprint density at radius 3 is 2.38 bits per heavy atom. The average Bonchev–Trinajstić information content (AvgIpc) is 2.58. The Balaban J connectivity index is 2.72. The van der Waals surface area contributed by atoms with Gasteiger partial charge in [-0.2, -0.15) is 13.2 Å². The molecule has 10 heteroatoms. The smallest absolute Gasteiger partial charge is 0.433 e. The lowest BCUT2D eigenvalue weighted by atomic mass is 9.91. The Morgan fingerprint density at radius 1 is 1.24 bits per heavy atom. The average molecular weight is 434 g/mol. The summed E-state index contributed by atoms with van der Waals surface area (Å²) in [5.41, 5.74) is 1.72. The number of hydrogen-bond acceptors (Lipinski definition) is 4. The Labute approximate surface area is 168 Å². The van der Waals surface area contributed by atoms with Gasteiger partial charge in [-0.25, -0.2) is 18.6 Å². The van der Waals surface area contributed by atoms with Gasteiger partial charge in [0.25, 0.3) is 6.43 Å². The molecular weight excluding hydrogens is 415 g/mol. The number of nitrogens with zero attached hydrogens (tertiary/aromatic N) is 1. The van der Waals surface area contributed by atoms with Crippen LogP contribution in [0.3, 0.4) is 0 Å². The minimum Gasteiger partial charge on any atom is -0.478 e. The number of carbonyl (C=O) groups is 1. The summed E-state index contributed by atoms with van der Waals surface area (Å²) in [7, 11) is 0. The van der Waals surface area contributed by atoms with Crippen LogP contribution < -0.4 is 5.73 Å². The predicted molar refractivity (Wildman–Crippen MR) is 100 cm³/mol. The second-order valence-electron chi connectivity index (χ2n) is 6.74. The highest BCUT2D eigenvalue weighted by Crippen LogP contribution is 2.40. The van der Waals surface area contributed by atoms with Gasteiger partial charge in [0, 0.05) is 16.3 Å². The Morgan fingerprint density at radius 2 is 1.90 bits per heavy atom. The highest BCUT2D eigenvalue weighted by molar-refractivity contribution is 7.98. The molecule has 2 rings (SSSR count). The molecule has 0 spiro atoms. The van der Waals surface area contributed by atoms with E-state index in [0.29, 0.717) is 10.6 Å². The van der Waals surface area contributed by atoms with E-state index in [1.165, 1.54) is 0 Å². The lowest BCUT2D eigenvalue weighted by molar-refractivity contribution is -0.142. The zero-order valence-corrected chi connectivity index (χ0v) is 16.4. The zero-order chi connectivity index (χ0) is 21.9. The number of rotatable bonds is 7. The maximum absolute atomic E-state index is 13.6. The zero-order valence-electron chi connectivity index (χ0n) is 15.6. The van der Waals surface area contributed by atoms with Gasteiger partial charge in [-0.15, -0.1) is 11.8 Å². The van der Waals surface area contributed by atoms with E-state index in [9.17, 15) is 31.9 Å². The number of carboxylic acids is 1. The first-order valence-electron chi connectivity index (χ1n) is 8.54. The number of alkyl halides is 5. The molecule has 0 radical (unpaired) electrons. The number of thioether (sulfide) groups is 1. The third-order valence-corrected chi connectivity index (χ3v) is 5.00. The molecule has 1 aromatic carbocycles. The van der Waals surface area contributed by atoms with Crippen LogP contribution in [0.2, 0.25) is 0 Å². The van der Waals surface area contributed by atoms with E-state index in [0.717, 1.165) is 11.8 Å². The van der Waals surface area contributed by atoms with Crippen LogP contribution in [0, 0.1) is 5.92 Å². The molecule has 0 aliphatic heterocycles. The van der Waals surface area contributed by atoms with Gasteiger partial charge in [0.15, 0.2) is 0 Å². The van der Waals surface area contributed by atoms with Crippen LogP contribution in [0.25, 0.3) is 0 Å². The molecule has 0 aliphatic rings. The van der Waals surface area contributed by atoms with Gasteiger partial charge in [-0.1, -0.05) is 19.9 Å². The number of benzene rings is 1. The van der Waals surface area contributed by atoms with Crippen LogP contribution in [0.15, 0.2) is 29.2 Å². The number of nitrogen functional groups attached to an aromatic ring is 1. The van der Waals surface area contributed by atoms with Gasteiger partial charge in [0.1, 0.15) is 11.4 Å². The van der Waals surface area contributed by atoms with Gasteiger partial charge in [-0.05, 0) is 41.7 Å². The number of hydrogen-bond donors (Lipinski definition) is 2. The lowest BCUT2D eigenvalue weighted by Gasteiger charge is -2.22. The van der Waals surface area contributed by atoms with Crippen molar-refractivity contribution in [1.29, 1.82) is 0 Å².